The fraction of sp³-hybridized carbons (Fsp3) is 0. The van der Waals surface area contributed by atoms with Crippen LogP contribution in [-0.2, 0) is 0 Å². The number of halogens is 1. The Balaban J connectivity index is 1.66. The maximum atomic E-state index is 12.7. The average Bonchev–Trinajstić information content (AvgIpc) is 3.09. The second kappa shape index (κ2) is 6.74. The van der Waals surface area contributed by atoms with Crippen LogP contribution in [0.3, 0.4) is 0 Å². The van der Waals surface area contributed by atoms with Gasteiger partial charge in [0.25, 0.3) is 5.91 Å². The van der Waals surface area contributed by atoms with E-state index < -0.39 is 0 Å². The van der Waals surface area contributed by atoms with Crippen molar-refractivity contribution in [2.45, 2.75) is 0 Å². The number of rotatable bonds is 3. The zero-order valence-electron chi connectivity index (χ0n) is 13.3. The molecule has 4 rings (SSSR count). The molecule has 0 fully saturated rings. The molecule has 2 aromatic carbocycles. The molecule has 0 bridgehead atoms. The zero-order valence-corrected chi connectivity index (χ0v) is 14.9. The van der Waals surface area contributed by atoms with Crippen LogP contribution in [0.2, 0.25) is 5.02 Å². The Labute approximate surface area is 157 Å². The first kappa shape index (κ1) is 16.5. The van der Waals surface area contributed by atoms with Crippen LogP contribution in [0.25, 0.3) is 22.2 Å². The van der Waals surface area contributed by atoms with E-state index in [1.807, 2.05) is 29.6 Å². The van der Waals surface area contributed by atoms with Crippen molar-refractivity contribution < 1.29 is 4.79 Å². The van der Waals surface area contributed by atoms with Crippen molar-refractivity contribution in [2.75, 3.05) is 5.32 Å². The van der Waals surface area contributed by atoms with E-state index in [0.717, 1.165) is 5.56 Å². The van der Waals surface area contributed by atoms with Crippen molar-refractivity contribution in [3.8, 4) is 11.3 Å². The first-order valence-corrected chi connectivity index (χ1v) is 9.01. The molecule has 5 nitrogen and oxygen atoms in total. The standard InChI is InChI=1S/C19H12ClN3O2S/c20-14-7-3-1-6-12(14)16-10-26-19(22-16)23-18(25)13-9-17(24)21-15-8-4-2-5-11(13)15/h1-10H,(H,21,24)(H,22,23,25). The second-order valence-corrected chi connectivity index (χ2v) is 6.83. The lowest BCUT2D eigenvalue weighted by Gasteiger charge is -2.05. The quantitative estimate of drug-likeness (QED) is 0.546. The summed E-state index contributed by atoms with van der Waals surface area (Å²) in [6.07, 6.45) is 0. The highest BCUT2D eigenvalue weighted by Crippen LogP contribution is 2.30. The predicted molar refractivity (Wildman–Crippen MR) is 105 cm³/mol. The fourth-order valence-corrected chi connectivity index (χ4v) is 3.62. The number of pyridine rings is 1. The number of carbonyl (C=O) groups is 1. The maximum absolute atomic E-state index is 12.7. The number of hydrogen-bond acceptors (Lipinski definition) is 4. The fourth-order valence-electron chi connectivity index (χ4n) is 2.68. The number of carbonyl (C=O) groups excluding carboxylic acids is 1. The van der Waals surface area contributed by atoms with E-state index in [0.29, 0.717) is 32.3 Å². The Bertz CT molecular complexity index is 1180. The Morgan fingerprint density at radius 2 is 1.88 bits per heavy atom. The molecule has 0 saturated carbocycles. The number of amides is 1. The number of nitrogens with one attached hydrogen (secondary N) is 2. The predicted octanol–water partition coefficient (Wildman–Crippen LogP) is 4.56. The third-order valence-corrected chi connectivity index (χ3v) is 4.96. The van der Waals surface area contributed by atoms with Gasteiger partial charge in [0.15, 0.2) is 5.13 Å². The molecular formula is C19H12ClN3O2S. The number of fused-ring (bicyclic) bond motifs is 1. The summed E-state index contributed by atoms with van der Waals surface area (Å²) in [6.45, 7) is 0. The summed E-state index contributed by atoms with van der Waals surface area (Å²) in [4.78, 5) is 31.6. The summed E-state index contributed by atoms with van der Waals surface area (Å²) in [6, 6.07) is 15.8. The first-order chi connectivity index (χ1) is 12.6. The molecule has 4 aromatic rings. The summed E-state index contributed by atoms with van der Waals surface area (Å²) in [5, 5.41) is 6.29. The summed E-state index contributed by atoms with van der Waals surface area (Å²) in [5.74, 6) is -0.382. The lowest BCUT2D eigenvalue weighted by molar-refractivity contribution is 0.102. The van der Waals surface area contributed by atoms with E-state index in [4.69, 9.17) is 11.6 Å². The van der Waals surface area contributed by atoms with E-state index in [9.17, 15) is 9.59 Å². The number of nitrogens with zero attached hydrogens (tertiary/aromatic N) is 1. The summed E-state index contributed by atoms with van der Waals surface area (Å²) >= 11 is 7.49. The second-order valence-electron chi connectivity index (χ2n) is 5.56. The minimum atomic E-state index is -0.382. The molecule has 128 valence electrons. The molecule has 26 heavy (non-hydrogen) atoms. The Morgan fingerprint density at radius 1 is 1.12 bits per heavy atom. The number of anilines is 1. The van der Waals surface area contributed by atoms with E-state index in [1.165, 1.54) is 17.4 Å². The number of hydrogen-bond donors (Lipinski definition) is 2. The van der Waals surface area contributed by atoms with Gasteiger partial charge in [-0.3, -0.25) is 14.9 Å². The van der Waals surface area contributed by atoms with Gasteiger partial charge in [0.1, 0.15) is 0 Å². The average molecular weight is 382 g/mol. The van der Waals surface area contributed by atoms with Crippen LogP contribution < -0.4 is 10.9 Å². The van der Waals surface area contributed by atoms with Gasteiger partial charge in [0.2, 0.25) is 5.56 Å². The van der Waals surface area contributed by atoms with Crippen LogP contribution in [-0.4, -0.2) is 15.9 Å². The van der Waals surface area contributed by atoms with E-state index in [-0.39, 0.29) is 11.5 Å². The molecule has 2 heterocycles. The molecular weight excluding hydrogens is 370 g/mol. The molecule has 7 heteroatoms. The molecule has 0 aliphatic heterocycles. The van der Waals surface area contributed by atoms with Crippen LogP contribution in [0.15, 0.2) is 64.8 Å². The van der Waals surface area contributed by atoms with Gasteiger partial charge in [-0.05, 0) is 12.1 Å². The molecule has 1 amide bonds. The molecule has 0 unspecified atom stereocenters. The van der Waals surface area contributed by atoms with Crippen LogP contribution in [0.4, 0.5) is 5.13 Å². The van der Waals surface area contributed by atoms with Crippen molar-refractivity contribution >= 4 is 44.9 Å². The van der Waals surface area contributed by atoms with Crippen molar-refractivity contribution in [1.82, 2.24) is 9.97 Å². The van der Waals surface area contributed by atoms with Crippen LogP contribution >= 0.6 is 22.9 Å². The lowest BCUT2D eigenvalue weighted by atomic mass is 10.1. The van der Waals surface area contributed by atoms with Crippen LogP contribution in [0, 0.1) is 0 Å². The highest BCUT2D eigenvalue weighted by molar-refractivity contribution is 7.14. The van der Waals surface area contributed by atoms with Gasteiger partial charge < -0.3 is 4.98 Å². The van der Waals surface area contributed by atoms with Gasteiger partial charge in [0.05, 0.1) is 11.3 Å². The number of H-pyrrole nitrogens is 1. The van der Waals surface area contributed by atoms with Gasteiger partial charge >= 0.3 is 0 Å². The molecule has 0 spiro atoms. The minimum Gasteiger partial charge on any atom is -0.322 e. The van der Waals surface area contributed by atoms with Gasteiger partial charge in [0, 0.05) is 32.9 Å². The Kier molecular flexibility index (Phi) is 4.28. The number of aromatic amines is 1. The molecule has 0 saturated heterocycles. The monoisotopic (exact) mass is 381 g/mol. The molecule has 0 aliphatic carbocycles. The Hall–Kier alpha value is -2.96. The summed E-state index contributed by atoms with van der Waals surface area (Å²) in [5.41, 5.74) is 2.07. The highest BCUT2D eigenvalue weighted by atomic mass is 35.5. The zero-order chi connectivity index (χ0) is 18.1. The molecule has 2 N–H and O–H groups in total. The SMILES string of the molecule is O=C(Nc1nc(-c2ccccc2Cl)cs1)c1cc(=O)[nH]c2ccccc12. The normalized spacial score (nSPS) is 10.8. The summed E-state index contributed by atoms with van der Waals surface area (Å²) in [7, 11) is 0. The third-order valence-electron chi connectivity index (χ3n) is 3.87. The van der Waals surface area contributed by atoms with Crippen molar-refractivity contribution in [1.29, 1.82) is 0 Å². The van der Waals surface area contributed by atoms with E-state index >= 15 is 0 Å². The number of para-hydroxylation sites is 1. The third kappa shape index (κ3) is 3.12. The highest BCUT2D eigenvalue weighted by Gasteiger charge is 2.14. The molecule has 0 atom stereocenters. The minimum absolute atomic E-state index is 0.304. The Morgan fingerprint density at radius 3 is 2.73 bits per heavy atom. The van der Waals surface area contributed by atoms with E-state index in [2.05, 4.69) is 15.3 Å². The lowest BCUT2D eigenvalue weighted by Crippen LogP contribution is -2.16. The number of benzene rings is 2. The van der Waals surface area contributed by atoms with Crippen LogP contribution in [0.5, 0.6) is 0 Å². The topological polar surface area (TPSA) is 74.8 Å². The smallest absolute Gasteiger partial charge is 0.258 e. The van der Waals surface area contributed by atoms with Gasteiger partial charge in [-0.1, -0.05) is 48.0 Å². The summed E-state index contributed by atoms with van der Waals surface area (Å²) < 4.78 is 0. The van der Waals surface area contributed by atoms with E-state index in [1.54, 1.807) is 24.3 Å². The number of aromatic nitrogens is 2. The van der Waals surface area contributed by atoms with Crippen molar-refractivity contribution in [3.63, 3.8) is 0 Å². The first-order valence-electron chi connectivity index (χ1n) is 7.75. The largest absolute Gasteiger partial charge is 0.322 e. The van der Waals surface area contributed by atoms with Crippen LogP contribution in [0.1, 0.15) is 10.4 Å². The molecule has 2 aromatic heterocycles. The van der Waals surface area contributed by atoms with Gasteiger partial charge in [-0.15, -0.1) is 11.3 Å². The van der Waals surface area contributed by atoms with Crippen molar-refractivity contribution in [3.05, 3.63) is 80.9 Å². The van der Waals surface area contributed by atoms with Gasteiger partial charge in [-0.25, -0.2) is 4.98 Å². The maximum Gasteiger partial charge on any atom is 0.258 e. The molecule has 0 aliphatic rings. The van der Waals surface area contributed by atoms with Crippen molar-refractivity contribution in [2.24, 2.45) is 0 Å². The molecule has 0 radical (unpaired) electrons. The van der Waals surface area contributed by atoms with Gasteiger partial charge in [-0.2, -0.15) is 0 Å². The number of thiazole rings is 1.